The molecule has 134 valence electrons. The first kappa shape index (κ1) is 18.7. The van der Waals surface area contributed by atoms with Crippen LogP contribution in [0.1, 0.15) is 5.56 Å². The molecule has 0 atom stereocenters. The average Bonchev–Trinajstić information content (AvgIpc) is 2.59. The number of rotatable bonds is 1. The summed E-state index contributed by atoms with van der Waals surface area (Å²) in [7, 11) is -4.19. The SMILES string of the molecule is Cc1ccc2c(-c3ccccc3)c3ccccc3[s+]c2c1.[O-][Cl+](O)(O)O. The standard InChI is InChI=1S/C20H15S.ClH3O4/c1-14-11-12-17-19(13-14)21-18-10-6-5-9-16(18)20(17)15-7-3-2-4-8-15;2-1(3,4)5/h2-13H,1H3;2-4H/q+1;. The second kappa shape index (κ2) is 7.63. The number of hydrogen-bond donors (Lipinski definition) is 3. The zero-order valence-corrected chi connectivity index (χ0v) is 15.5. The summed E-state index contributed by atoms with van der Waals surface area (Å²) in [5, 5.41) is 2.68. The van der Waals surface area contributed by atoms with Crippen LogP contribution in [0.25, 0.3) is 31.3 Å². The van der Waals surface area contributed by atoms with E-state index in [1.54, 1.807) is 0 Å². The van der Waals surface area contributed by atoms with Crippen molar-refractivity contribution in [1.82, 2.24) is 0 Å². The third-order valence-corrected chi connectivity index (χ3v) is 4.98. The van der Waals surface area contributed by atoms with Crippen molar-refractivity contribution in [3.63, 3.8) is 0 Å². The Labute approximate surface area is 157 Å². The first-order valence-electron chi connectivity index (χ1n) is 7.80. The Balaban J connectivity index is 0.000000349. The number of benzene rings is 3. The van der Waals surface area contributed by atoms with Crippen molar-refractivity contribution in [3.8, 4) is 11.1 Å². The summed E-state index contributed by atoms with van der Waals surface area (Å²) < 4.78 is 32.9. The summed E-state index contributed by atoms with van der Waals surface area (Å²) >= 11 is 1.87. The van der Waals surface area contributed by atoms with Crippen LogP contribution in [0, 0.1) is 17.2 Å². The Bertz CT molecular complexity index is 1040. The van der Waals surface area contributed by atoms with Gasteiger partial charge in [0.25, 0.3) is 0 Å². The Morgan fingerprint density at radius 3 is 2.04 bits per heavy atom. The van der Waals surface area contributed by atoms with Gasteiger partial charge in [0.05, 0.1) is 0 Å². The molecule has 4 nitrogen and oxygen atoms in total. The third kappa shape index (κ3) is 4.53. The normalized spacial score (nSPS) is 11.9. The predicted molar refractivity (Wildman–Crippen MR) is 101 cm³/mol. The molecule has 0 bridgehead atoms. The second-order valence-electron chi connectivity index (χ2n) is 5.77. The van der Waals surface area contributed by atoms with Gasteiger partial charge in [-0.2, -0.15) is 0 Å². The molecule has 0 aliphatic heterocycles. The van der Waals surface area contributed by atoms with Gasteiger partial charge in [-0.15, -0.1) is 0 Å². The van der Waals surface area contributed by atoms with Crippen molar-refractivity contribution in [2.24, 2.45) is 0 Å². The fourth-order valence-corrected chi connectivity index (χ4v) is 4.05. The maximum absolute atomic E-state index is 8.83. The van der Waals surface area contributed by atoms with Crippen LogP contribution in [0.15, 0.2) is 72.8 Å². The van der Waals surface area contributed by atoms with E-state index >= 15 is 0 Å². The first-order valence-corrected chi connectivity index (χ1v) is 9.94. The van der Waals surface area contributed by atoms with Gasteiger partial charge in [-0.1, -0.05) is 48.5 Å². The molecule has 26 heavy (non-hydrogen) atoms. The van der Waals surface area contributed by atoms with E-state index in [1.165, 1.54) is 36.9 Å². The van der Waals surface area contributed by atoms with Crippen molar-refractivity contribution >= 4 is 31.5 Å². The summed E-state index contributed by atoms with van der Waals surface area (Å²) in [6, 6.07) is 26.1. The van der Waals surface area contributed by atoms with Crippen molar-refractivity contribution in [2.45, 2.75) is 6.92 Å². The summed E-state index contributed by atoms with van der Waals surface area (Å²) in [5.74, 6) is 0. The van der Waals surface area contributed by atoms with Gasteiger partial charge < -0.3 is 0 Å². The van der Waals surface area contributed by atoms with E-state index in [4.69, 9.17) is 18.6 Å². The maximum atomic E-state index is 8.83. The zero-order valence-electron chi connectivity index (χ0n) is 14.0. The van der Waals surface area contributed by atoms with Crippen LogP contribution in [-0.4, -0.2) is 14.0 Å². The molecular weight excluding hydrogens is 372 g/mol. The Morgan fingerprint density at radius 1 is 0.769 bits per heavy atom. The van der Waals surface area contributed by atoms with E-state index in [0.29, 0.717) is 0 Å². The van der Waals surface area contributed by atoms with Crippen LogP contribution in [0.3, 0.4) is 0 Å². The Kier molecular flexibility index (Phi) is 5.48. The monoisotopic (exact) mass is 389 g/mol. The van der Waals surface area contributed by atoms with Gasteiger partial charge in [-0.25, -0.2) is 0 Å². The number of fused-ring (bicyclic) bond motifs is 2. The molecule has 3 N–H and O–H groups in total. The molecule has 6 heteroatoms. The molecule has 4 aromatic rings. The van der Waals surface area contributed by atoms with Gasteiger partial charge in [0, 0.05) is 28.5 Å². The van der Waals surface area contributed by atoms with Gasteiger partial charge in [-0.05, 0) is 30.2 Å². The van der Waals surface area contributed by atoms with Gasteiger partial charge in [0.15, 0.2) is 0 Å². The molecule has 1 heterocycles. The fourth-order valence-electron chi connectivity index (χ4n) is 2.86. The summed E-state index contributed by atoms with van der Waals surface area (Å²) in [5.41, 5.74) is 3.95. The van der Waals surface area contributed by atoms with Crippen LogP contribution >= 0.6 is 11.3 Å². The average molecular weight is 390 g/mol. The van der Waals surface area contributed by atoms with Crippen LogP contribution in [0.4, 0.5) is 0 Å². The molecule has 1 aromatic heterocycles. The zero-order chi connectivity index (χ0) is 18.7. The Hall–Kier alpha value is -2.12. The fraction of sp³-hybridized carbons (Fsp3) is 0.0500. The van der Waals surface area contributed by atoms with Crippen molar-refractivity contribution in [1.29, 1.82) is 0 Å². The number of halogens is 1. The summed E-state index contributed by atoms with van der Waals surface area (Å²) in [6.07, 6.45) is 0. The minimum absolute atomic E-state index is 1.29. The van der Waals surface area contributed by atoms with E-state index in [9.17, 15) is 0 Å². The van der Waals surface area contributed by atoms with Crippen LogP contribution < -0.4 is 4.66 Å². The van der Waals surface area contributed by atoms with Gasteiger partial charge in [0.1, 0.15) is 0 Å². The molecule has 0 radical (unpaired) electrons. The molecule has 0 aliphatic carbocycles. The van der Waals surface area contributed by atoms with Gasteiger partial charge in [-0.3, -0.25) is 0 Å². The molecule has 0 aliphatic rings. The second-order valence-corrected chi connectivity index (χ2v) is 7.72. The van der Waals surface area contributed by atoms with E-state index < -0.39 is 10.2 Å². The molecule has 0 amide bonds. The number of aryl methyl sites for hydroxylation is 1. The van der Waals surface area contributed by atoms with Crippen LogP contribution in [0.5, 0.6) is 0 Å². The third-order valence-electron chi connectivity index (χ3n) is 3.85. The molecule has 0 unspecified atom stereocenters. The molecule has 3 aromatic carbocycles. The molecule has 4 rings (SSSR count). The van der Waals surface area contributed by atoms with E-state index in [-0.39, 0.29) is 0 Å². The van der Waals surface area contributed by atoms with Gasteiger partial charge in [0.2, 0.25) is 20.7 Å². The van der Waals surface area contributed by atoms with E-state index in [2.05, 4.69) is 79.7 Å². The molecule has 0 spiro atoms. The first-order chi connectivity index (χ1) is 12.3. The predicted octanol–water partition coefficient (Wildman–Crippen LogP) is 3.45. The van der Waals surface area contributed by atoms with Crippen LogP contribution in [0.2, 0.25) is 0 Å². The van der Waals surface area contributed by atoms with E-state index in [0.717, 1.165) is 0 Å². The molecular formula is C20H18ClO4S+. The molecule has 0 saturated heterocycles. The van der Waals surface area contributed by atoms with Crippen molar-refractivity contribution in [3.05, 3.63) is 78.4 Å². The number of hydrogen-bond acceptors (Lipinski definition) is 4. The van der Waals surface area contributed by atoms with Crippen LogP contribution in [-0.2, 0) is 0 Å². The van der Waals surface area contributed by atoms with E-state index in [1.807, 2.05) is 11.3 Å². The van der Waals surface area contributed by atoms with Crippen molar-refractivity contribution in [2.75, 3.05) is 0 Å². The Morgan fingerprint density at radius 2 is 1.35 bits per heavy atom. The quantitative estimate of drug-likeness (QED) is 0.344. The van der Waals surface area contributed by atoms with Gasteiger partial charge >= 0.3 is 28.9 Å². The molecule has 0 saturated carbocycles. The van der Waals surface area contributed by atoms with Crippen molar-refractivity contribution < 1.29 is 28.9 Å². The summed E-state index contributed by atoms with van der Waals surface area (Å²) in [4.78, 5) is 0. The summed E-state index contributed by atoms with van der Waals surface area (Å²) in [6.45, 7) is 2.16. The minimum atomic E-state index is -4.19. The topological polar surface area (TPSA) is 83.8 Å². The molecule has 0 fully saturated rings.